The fourth-order valence-corrected chi connectivity index (χ4v) is 1.07. The predicted molar refractivity (Wildman–Crippen MR) is 58.6 cm³/mol. The van der Waals surface area contributed by atoms with E-state index in [1.54, 1.807) is 14.1 Å². The molecule has 0 aliphatic carbocycles. The summed E-state index contributed by atoms with van der Waals surface area (Å²) in [6.07, 6.45) is 1.49. The molecule has 1 aromatic rings. The molecule has 0 aliphatic rings. The number of nitrogens with two attached hydrogens (primary N) is 1. The number of carbonyl (C=O) groups excluding carboxylic acids is 1. The average molecular weight is 208 g/mol. The number of nitrogens with zero attached hydrogens (tertiary/aromatic N) is 3. The number of hydrogen-bond acceptors (Lipinski definition) is 4. The third-order valence-corrected chi connectivity index (χ3v) is 1.96. The third kappa shape index (κ3) is 2.43. The van der Waals surface area contributed by atoms with E-state index in [0.717, 1.165) is 0 Å². The molecular formula is C10H16N4O. The van der Waals surface area contributed by atoms with Crippen LogP contribution in [0, 0.1) is 0 Å². The van der Waals surface area contributed by atoms with E-state index in [1.807, 2.05) is 13.8 Å². The summed E-state index contributed by atoms with van der Waals surface area (Å²) in [5.74, 6) is 0.616. The molecule has 0 aromatic carbocycles. The van der Waals surface area contributed by atoms with Crippen LogP contribution < -0.4 is 5.73 Å². The summed E-state index contributed by atoms with van der Waals surface area (Å²) in [4.78, 5) is 21.4. The van der Waals surface area contributed by atoms with Crippen molar-refractivity contribution in [2.75, 3.05) is 19.8 Å². The molecule has 1 rings (SSSR count). The summed E-state index contributed by atoms with van der Waals surface area (Å²) in [5.41, 5.74) is 6.25. The van der Waals surface area contributed by atoms with Crippen molar-refractivity contribution in [2.45, 2.75) is 19.8 Å². The van der Waals surface area contributed by atoms with Crippen LogP contribution in [0.3, 0.4) is 0 Å². The minimum Gasteiger partial charge on any atom is -0.396 e. The van der Waals surface area contributed by atoms with Gasteiger partial charge in [-0.3, -0.25) is 4.79 Å². The van der Waals surface area contributed by atoms with Gasteiger partial charge in [-0.2, -0.15) is 0 Å². The van der Waals surface area contributed by atoms with E-state index in [2.05, 4.69) is 9.97 Å². The first-order valence-corrected chi connectivity index (χ1v) is 4.77. The number of amides is 1. The van der Waals surface area contributed by atoms with Crippen molar-refractivity contribution >= 4 is 11.6 Å². The molecule has 0 radical (unpaired) electrons. The Labute approximate surface area is 89.3 Å². The molecule has 1 heterocycles. The lowest BCUT2D eigenvalue weighted by molar-refractivity contribution is 0.0822. The van der Waals surface area contributed by atoms with Gasteiger partial charge in [-0.1, -0.05) is 13.8 Å². The lowest BCUT2D eigenvalue weighted by Crippen LogP contribution is -2.24. The molecule has 5 heteroatoms. The Bertz CT molecular complexity index is 374. The van der Waals surface area contributed by atoms with E-state index in [4.69, 9.17) is 5.73 Å². The quantitative estimate of drug-likeness (QED) is 0.783. The van der Waals surface area contributed by atoms with Crippen LogP contribution in [0.15, 0.2) is 6.20 Å². The Balaban J connectivity index is 3.16. The van der Waals surface area contributed by atoms with Crippen LogP contribution in [0.1, 0.15) is 36.1 Å². The van der Waals surface area contributed by atoms with Crippen molar-refractivity contribution in [2.24, 2.45) is 0 Å². The topological polar surface area (TPSA) is 72.1 Å². The molecule has 0 spiro atoms. The van der Waals surface area contributed by atoms with Crippen molar-refractivity contribution in [1.29, 1.82) is 0 Å². The Kier molecular flexibility index (Phi) is 3.24. The van der Waals surface area contributed by atoms with Crippen molar-refractivity contribution in [3.05, 3.63) is 17.7 Å². The normalized spacial score (nSPS) is 10.5. The Morgan fingerprint density at radius 1 is 1.47 bits per heavy atom. The first-order chi connectivity index (χ1) is 6.93. The smallest absolute Gasteiger partial charge is 0.274 e. The lowest BCUT2D eigenvalue weighted by atomic mass is 10.2. The number of rotatable bonds is 2. The Morgan fingerprint density at radius 3 is 2.53 bits per heavy atom. The van der Waals surface area contributed by atoms with Gasteiger partial charge >= 0.3 is 0 Å². The maximum atomic E-state index is 11.7. The second-order valence-corrected chi connectivity index (χ2v) is 3.89. The molecular weight excluding hydrogens is 192 g/mol. The average Bonchev–Trinajstić information content (AvgIpc) is 2.16. The zero-order valence-corrected chi connectivity index (χ0v) is 9.48. The fourth-order valence-electron chi connectivity index (χ4n) is 1.07. The van der Waals surface area contributed by atoms with Crippen molar-refractivity contribution < 1.29 is 4.79 Å². The maximum absolute atomic E-state index is 11.7. The van der Waals surface area contributed by atoms with Gasteiger partial charge in [0.1, 0.15) is 5.82 Å². The molecule has 82 valence electrons. The van der Waals surface area contributed by atoms with E-state index in [1.165, 1.54) is 11.1 Å². The van der Waals surface area contributed by atoms with Gasteiger partial charge in [-0.05, 0) is 0 Å². The van der Waals surface area contributed by atoms with Gasteiger partial charge in [-0.25, -0.2) is 9.97 Å². The van der Waals surface area contributed by atoms with E-state index in [9.17, 15) is 4.79 Å². The fraction of sp³-hybridized carbons (Fsp3) is 0.500. The van der Waals surface area contributed by atoms with Gasteiger partial charge in [0, 0.05) is 20.0 Å². The minimum absolute atomic E-state index is 0.180. The number of aromatic nitrogens is 2. The highest BCUT2D eigenvalue weighted by Gasteiger charge is 2.16. The zero-order valence-electron chi connectivity index (χ0n) is 9.48. The van der Waals surface area contributed by atoms with Gasteiger partial charge in [0.05, 0.1) is 11.9 Å². The molecule has 0 atom stereocenters. The minimum atomic E-state index is -0.197. The summed E-state index contributed by atoms with van der Waals surface area (Å²) in [6.45, 7) is 3.94. The third-order valence-electron chi connectivity index (χ3n) is 1.96. The standard InChI is InChI=1S/C10H16N4O/c1-6(2)9-12-5-7(11)8(13-9)10(15)14(3)4/h5-6H,11H2,1-4H3. The summed E-state index contributed by atoms with van der Waals surface area (Å²) in [7, 11) is 3.33. The maximum Gasteiger partial charge on any atom is 0.274 e. The van der Waals surface area contributed by atoms with Gasteiger partial charge in [0.15, 0.2) is 5.69 Å². The molecule has 0 unspecified atom stereocenters. The SMILES string of the molecule is CC(C)c1ncc(N)c(C(=O)N(C)C)n1. The van der Waals surface area contributed by atoms with Gasteiger partial charge in [0.25, 0.3) is 5.91 Å². The highest BCUT2D eigenvalue weighted by atomic mass is 16.2. The molecule has 1 aromatic heterocycles. The largest absolute Gasteiger partial charge is 0.396 e. The summed E-state index contributed by atoms with van der Waals surface area (Å²) in [6, 6.07) is 0. The predicted octanol–water partition coefficient (Wildman–Crippen LogP) is 0.884. The molecule has 0 bridgehead atoms. The van der Waals surface area contributed by atoms with Gasteiger partial charge in [-0.15, -0.1) is 0 Å². The van der Waals surface area contributed by atoms with Crippen LogP contribution in [-0.4, -0.2) is 34.9 Å². The summed E-state index contributed by atoms with van der Waals surface area (Å²) < 4.78 is 0. The van der Waals surface area contributed by atoms with Crippen LogP contribution in [0.4, 0.5) is 5.69 Å². The van der Waals surface area contributed by atoms with Gasteiger partial charge < -0.3 is 10.6 Å². The Morgan fingerprint density at radius 2 is 2.07 bits per heavy atom. The summed E-state index contributed by atoms with van der Waals surface area (Å²) in [5, 5.41) is 0. The van der Waals surface area contributed by atoms with E-state index >= 15 is 0 Å². The first kappa shape index (κ1) is 11.4. The second-order valence-electron chi connectivity index (χ2n) is 3.89. The monoisotopic (exact) mass is 208 g/mol. The molecule has 0 saturated heterocycles. The zero-order chi connectivity index (χ0) is 11.6. The number of nitrogen functional groups attached to an aromatic ring is 1. The van der Waals surface area contributed by atoms with Crippen LogP contribution in [-0.2, 0) is 0 Å². The van der Waals surface area contributed by atoms with Crippen molar-refractivity contribution in [3.63, 3.8) is 0 Å². The van der Waals surface area contributed by atoms with Crippen LogP contribution in [0.25, 0.3) is 0 Å². The second kappa shape index (κ2) is 4.25. The van der Waals surface area contributed by atoms with Crippen LogP contribution in [0.5, 0.6) is 0 Å². The van der Waals surface area contributed by atoms with Crippen LogP contribution in [0.2, 0.25) is 0 Å². The van der Waals surface area contributed by atoms with Gasteiger partial charge in [0.2, 0.25) is 0 Å². The molecule has 0 saturated carbocycles. The lowest BCUT2D eigenvalue weighted by Gasteiger charge is -2.12. The van der Waals surface area contributed by atoms with E-state index in [-0.39, 0.29) is 17.5 Å². The van der Waals surface area contributed by atoms with Crippen molar-refractivity contribution in [1.82, 2.24) is 14.9 Å². The Hall–Kier alpha value is -1.65. The highest BCUT2D eigenvalue weighted by molar-refractivity contribution is 5.96. The van der Waals surface area contributed by atoms with Crippen LogP contribution >= 0.6 is 0 Å². The highest BCUT2D eigenvalue weighted by Crippen LogP contribution is 2.14. The molecule has 5 nitrogen and oxygen atoms in total. The van der Waals surface area contributed by atoms with Crippen molar-refractivity contribution in [3.8, 4) is 0 Å². The molecule has 15 heavy (non-hydrogen) atoms. The number of anilines is 1. The molecule has 0 aliphatic heterocycles. The molecule has 0 fully saturated rings. The molecule has 2 N–H and O–H groups in total. The van der Waals surface area contributed by atoms with E-state index in [0.29, 0.717) is 11.5 Å². The number of hydrogen-bond donors (Lipinski definition) is 1. The number of carbonyl (C=O) groups is 1. The molecule has 1 amide bonds. The first-order valence-electron chi connectivity index (χ1n) is 4.77. The van der Waals surface area contributed by atoms with E-state index < -0.39 is 0 Å². The summed E-state index contributed by atoms with van der Waals surface area (Å²) >= 11 is 0.